The topological polar surface area (TPSA) is 55.1 Å². The number of rotatable bonds is 2. The number of aromatic nitrogens is 1. The quantitative estimate of drug-likeness (QED) is 0.780. The van der Waals surface area contributed by atoms with Crippen molar-refractivity contribution < 1.29 is 9.32 Å². The van der Waals surface area contributed by atoms with Gasteiger partial charge < -0.3 is 9.84 Å². The Labute approximate surface area is 82.0 Å². The average molecular weight is 192 g/mol. The van der Waals surface area contributed by atoms with Gasteiger partial charge in [0.05, 0.1) is 0 Å². The summed E-state index contributed by atoms with van der Waals surface area (Å²) in [6.45, 7) is 1.79. The van der Waals surface area contributed by atoms with Gasteiger partial charge in [-0.25, -0.2) is 0 Å². The smallest absolute Gasteiger partial charge is 0.252 e. The molecule has 0 unspecified atom stereocenters. The summed E-state index contributed by atoms with van der Waals surface area (Å²) < 4.78 is 4.84. The number of nitrogens with zero attached hydrogens (tertiary/aromatic N) is 1. The van der Waals surface area contributed by atoms with Crippen LogP contribution in [0.3, 0.4) is 0 Å². The van der Waals surface area contributed by atoms with Gasteiger partial charge in [0.2, 0.25) is 0 Å². The van der Waals surface area contributed by atoms with Crippen molar-refractivity contribution in [2.75, 3.05) is 5.32 Å². The van der Waals surface area contributed by atoms with E-state index in [9.17, 15) is 4.79 Å². The van der Waals surface area contributed by atoms with E-state index in [1.165, 1.54) is 0 Å². The van der Waals surface area contributed by atoms with Crippen LogP contribution in [0.15, 0.2) is 22.2 Å². The molecule has 0 bridgehead atoms. The number of aryl methyl sites for hydroxylation is 1. The van der Waals surface area contributed by atoms with Crippen molar-refractivity contribution in [3.05, 3.63) is 23.5 Å². The number of nitrogens with one attached hydrogen (secondary N) is 1. The van der Waals surface area contributed by atoms with Crippen molar-refractivity contribution in [1.82, 2.24) is 5.16 Å². The molecule has 1 heterocycles. The number of carbonyl (C=O) groups is 1. The second-order valence-electron chi connectivity index (χ2n) is 3.40. The van der Waals surface area contributed by atoms with Crippen LogP contribution in [0.2, 0.25) is 0 Å². The number of carbonyl (C=O) groups excluding carboxylic acids is 1. The molecule has 14 heavy (non-hydrogen) atoms. The van der Waals surface area contributed by atoms with Crippen molar-refractivity contribution in [1.29, 1.82) is 0 Å². The molecule has 1 aliphatic carbocycles. The van der Waals surface area contributed by atoms with E-state index >= 15 is 0 Å². The highest BCUT2D eigenvalue weighted by molar-refractivity contribution is 6.03. The fourth-order valence-corrected chi connectivity index (χ4v) is 1.50. The average Bonchev–Trinajstić information content (AvgIpc) is 2.75. The molecule has 1 amide bonds. The summed E-state index contributed by atoms with van der Waals surface area (Å²) in [6, 6.07) is 1.70. The molecule has 0 saturated heterocycles. The number of anilines is 1. The van der Waals surface area contributed by atoms with Gasteiger partial charge in [-0.3, -0.25) is 4.79 Å². The fourth-order valence-electron chi connectivity index (χ4n) is 1.50. The molecule has 74 valence electrons. The summed E-state index contributed by atoms with van der Waals surface area (Å²) in [5.74, 6) is 1.12. The molecular weight excluding hydrogens is 180 g/mol. The van der Waals surface area contributed by atoms with Crippen molar-refractivity contribution in [3.63, 3.8) is 0 Å². The van der Waals surface area contributed by atoms with E-state index in [0.29, 0.717) is 11.6 Å². The Kier molecular flexibility index (Phi) is 2.35. The van der Waals surface area contributed by atoms with E-state index in [1.807, 2.05) is 6.08 Å². The molecule has 1 N–H and O–H groups in total. The van der Waals surface area contributed by atoms with Crippen molar-refractivity contribution in [3.8, 4) is 0 Å². The van der Waals surface area contributed by atoms with Gasteiger partial charge in [-0.05, 0) is 26.2 Å². The Bertz CT molecular complexity index is 379. The van der Waals surface area contributed by atoms with Gasteiger partial charge in [-0.1, -0.05) is 11.2 Å². The molecule has 0 atom stereocenters. The van der Waals surface area contributed by atoms with Gasteiger partial charge >= 0.3 is 0 Å². The Morgan fingerprint density at radius 2 is 2.50 bits per heavy atom. The molecule has 0 radical (unpaired) electrons. The normalized spacial score (nSPS) is 15.4. The molecule has 1 aliphatic rings. The van der Waals surface area contributed by atoms with Gasteiger partial charge in [0, 0.05) is 11.6 Å². The highest BCUT2D eigenvalue weighted by atomic mass is 16.5. The predicted octanol–water partition coefficient (Wildman–Crippen LogP) is 2.03. The van der Waals surface area contributed by atoms with E-state index in [-0.39, 0.29) is 5.91 Å². The summed E-state index contributed by atoms with van der Waals surface area (Å²) >= 11 is 0. The summed E-state index contributed by atoms with van der Waals surface area (Å²) in [5, 5.41) is 6.39. The molecule has 0 fully saturated rings. The van der Waals surface area contributed by atoms with Crippen LogP contribution >= 0.6 is 0 Å². The highest BCUT2D eigenvalue weighted by Crippen LogP contribution is 2.19. The minimum absolute atomic E-state index is 0.0594. The Balaban J connectivity index is 2.01. The molecule has 0 aliphatic heterocycles. The van der Waals surface area contributed by atoms with E-state index < -0.39 is 0 Å². The SMILES string of the molecule is Cc1cc(NC(=O)C2=CCCC2)no1. The number of allylic oxidation sites excluding steroid dienone is 1. The minimum Gasteiger partial charge on any atom is -0.360 e. The third kappa shape index (κ3) is 1.84. The van der Waals surface area contributed by atoms with Gasteiger partial charge in [-0.2, -0.15) is 0 Å². The first-order valence-corrected chi connectivity index (χ1v) is 4.69. The van der Waals surface area contributed by atoms with E-state index in [1.54, 1.807) is 13.0 Å². The van der Waals surface area contributed by atoms with Crippen molar-refractivity contribution in [2.45, 2.75) is 26.2 Å². The van der Waals surface area contributed by atoms with Gasteiger partial charge in [0.1, 0.15) is 5.76 Å². The third-order valence-corrected chi connectivity index (χ3v) is 2.20. The van der Waals surface area contributed by atoms with Crippen LogP contribution in [0, 0.1) is 6.92 Å². The largest absolute Gasteiger partial charge is 0.360 e. The lowest BCUT2D eigenvalue weighted by atomic mass is 10.2. The molecule has 1 aromatic rings. The maximum atomic E-state index is 11.6. The molecule has 4 heteroatoms. The lowest BCUT2D eigenvalue weighted by Gasteiger charge is -2.00. The highest BCUT2D eigenvalue weighted by Gasteiger charge is 2.14. The summed E-state index contributed by atoms with van der Waals surface area (Å²) in [4.78, 5) is 11.6. The van der Waals surface area contributed by atoms with Crippen LogP contribution in [-0.2, 0) is 4.79 Å². The molecule has 0 spiro atoms. The fraction of sp³-hybridized carbons (Fsp3) is 0.400. The minimum atomic E-state index is -0.0594. The summed E-state index contributed by atoms with van der Waals surface area (Å²) in [5.41, 5.74) is 0.852. The monoisotopic (exact) mass is 192 g/mol. The number of hydrogen-bond acceptors (Lipinski definition) is 3. The maximum absolute atomic E-state index is 11.6. The predicted molar refractivity (Wildman–Crippen MR) is 51.8 cm³/mol. The van der Waals surface area contributed by atoms with Crippen LogP contribution < -0.4 is 5.32 Å². The second kappa shape index (κ2) is 3.65. The van der Waals surface area contributed by atoms with Gasteiger partial charge in [0.15, 0.2) is 5.82 Å². The molecule has 1 aromatic heterocycles. The lowest BCUT2D eigenvalue weighted by molar-refractivity contribution is -0.113. The Morgan fingerprint density at radius 3 is 3.07 bits per heavy atom. The summed E-state index contributed by atoms with van der Waals surface area (Å²) in [6.07, 6.45) is 4.91. The van der Waals surface area contributed by atoms with Crippen LogP contribution in [0.1, 0.15) is 25.0 Å². The van der Waals surface area contributed by atoms with Crippen LogP contribution in [0.5, 0.6) is 0 Å². The van der Waals surface area contributed by atoms with Crippen molar-refractivity contribution >= 4 is 11.7 Å². The van der Waals surface area contributed by atoms with Crippen LogP contribution in [0.25, 0.3) is 0 Å². The standard InChI is InChI=1S/C10H12N2O2/c1-7-6-9(12-14-7)11-10(13)8-4-2-3-5-8/h4,6H,2-3,5H2,1H3,(H,11,12,13). The molecular formula is C10H12N2O2. The Hall–Kier alpha value is -1.58. The van der Waals surface area contributed by atoms with Gasteiger partial charge in [0.25, 0.3) is 5.91 Å². The second-order valence-corrected chi connectivity index (χ2v) is 3.40. The molecule has 4 nitrogen and oxygen atoms in total. The first-order valence-electron chi connectivity index (χ1n) is 4.69. The van der Waals surface area contributed by atoms with E-state index in [0.717, 1.165) is 24.8 Å². The van der Waals surface area contributed by atoms with Gasteiger partial charge in [-0.15, -0.1) is 0 Å². The first kappa shape index (κ1) is 8.99. The molecule has 0 saturated carbocycles. The zero-order valence-electron chi connectivity index (χ0n) is 8.04. The molecule has 0 aromatic carbocycles. The van der Waals surface area contributed by atoms with Crippen LogP contribution in [-0.4, -0.2) is 11.1 Å². The first-order chi connectivity index (χ1) is 6.75. The molecule has 2 rings (SSSR count). The van der Waals surface area contributed by atoms with Crippen LogP contribution in [0.4, 0.5) is 5.82 Å². The van der Waals surface area contributed by atoms with E-state index in [4.69, 9.17) is 4.52 Å². The third-order valence-electron chi connectivity index (χ3n) is 2.20. The zero-order valence-corrected chi connectivity index (χ0v) is 8.04. The van der Waals surface area contributed by atoms with Crippen molar-refractivity contribution in [2.24, 2.45) is 0 Å². The number of amides is 1. The lowest BCUT2D eigenvalue weighted by Crippen LogP contribution is -2.13. The van der Waals surface area contributed by atoms with E-state index in [2.05, 4.69) is 10.5 Å². The Morgan fingerprint density at radius 1 is 1.64 bits per heavy atom. The summed E-state index contributed by atoms with van der Waals surface area (Å²) in [7, 11) is 0. The maximum Gasteiger partial charge on any atom is 0.252 e. The number of hydrogen-bond donors (Lipinski definition) is 1. The zero-order chi connectivity index (χ0) is 9.97.